The maximum atomic E-state index is 12.0. The molecule has 0 saturated heterocycles. The van der Waals surface area contributed by atoms with Crippen LogP contribution in [0.4, 0.5) is 10.5 Å². The Balaban J connectivity index is 1.52. The van der Waals surface area contributed by atoms with E-state index in [0.29, 0.717) is 24.7 Å². The van der Waals surface area contributed by atoms with Gasteiger partial charge in [-0.05, 0) is 25.0 Å². The lowest BCUT2D eigenvalue weighted by atomic mass is 10.2. The van der Waals surface area contributed by atoms with Crippen LogP contribution in [-0.4, -0.2) is 31.9 Å². The standard InChI is InChI=1S/C18H24N6O/c1-13(2)11-23-12-15(10-20-23)22-18(25)19-8-9-24-14(3)21-16-6-4-5-7-17(16)24/h4-7,10,12-13H,8-9,11H2,1-3H3,(H2,19,22,25). The van der Waals surface area contributed by atoms with Crippen molar-refractivity contribution in [3.63, 3.8) is 0 Å². The number of rotatable bonds is 6. The predicted molar refractivity (Wildman–Crippen MR) is 98.6 cm³/mol. The molecular formula is C18H24N6O. The largest absolute Gasteiger partial charge is 0.336 e. The van der Waals surface area contributed by atoms with Crippen LogP contribution in [0, 0.1) is 12.8 Å². The smallest absolute Gasteiger partial charge is 0.319 e. The lowest BCUT2D eigenvalue weighted by Crippen LogP contribution is -2.31. The Morgan fingerprint density at radius 1 is 1.28 bits per heavy atom. The summed E-state index contributed by atoms with van der Waals surface area (Å²) in [7, 11) is 0. The molecule has 132 valence electrons. The van der Waals surface area contributed by atoms with E-state index in [9.17, 15) is 4.79 Å². The molecule has 2 heterocycles. The summed E-state index contributed by atoms with van der Waals surface area (Å²) in [6, 6.07) is 7.78. The number of hydrogen-bond acceptors (Lipinski definition) is 3. The van der Waals surface area contributed by atoms with Gasteiger partial charge >= 0.3 is 6.03 Å². The summed E-state index contributed by atoms with van der Waals surface area (Å²) in [5, 5.41) is 9.92. The zero-order valence-corrected chi connectivity index (χ0v) is 14.9. The molecule has 0 spiro atoms. The number of fused-ring (bicyclic) bond motifs is 1. The Labute approximate surface area is 147 Å². The van der Waals surface area contributed by atoms with E-state index < -0.39 is 0 Å². The van der Waals surface area contributed by atoms with Gasteiger partial charge in [-0.25, -0.2) is 9.78 Å². The minimum atomic E-state index is -0.230. The molecule has 7 nitrogen and oxygen atoms in total. The lowest BCUT2D eigenvalue weighted by molar-refractivity contribution is 0.251. The number of carbonyl (C=O) groups excluding carboxylic acids is 1. The lowest BCUT2D eigenvalue weighted by Gasteiger charge is -2.09. The van der Waals surface area contributed by atoms with Gasteiger partial charge in [0.25, 0.3) is 0 Å². The van der Waals surface area contributed by atoms with Crippen molar-refractivity contribution >= 4 is 22.8 Å². The Bertz CT molecular complexity index is 863. The van der Waals surface area contributed by atoms with Gasteiger partial charge in [0.2, 0.25) is 0 Å². The van der Waals surface area contributed by atoms with E-state index in [2.05, 4.69) is 39.1 Å². The van der Waals surface area contributed by atoms with Crippen LogP contribution in [0.1, 0.15) is 19.7 Å². The number of para-hydroxylation sites is 2. The number of benzene rings is 1. The third-order valence-corrected chi connectivity index (χ3v) is 3.91. The summed E-state index contributed by atoms with van der Waals surface area (Å²) in [5.74, 6) is 1.45. The fourth-order valence-electron chi connectivity index (χ4n) is 2.84. The molecule has 1 aromatic carbocycles. The molecule has 0 bridgehead atoms. The molecule has 0 unspecified atom stereocenters. The second kappa shape index (κ2) is 7.38. The predicted octanol–water partition coefficient (Wildman–Crippen LogP) is 3.02. The van der Waals surface area contributed by atoms with E-state index in [0.717, 1.165) is 23.4 Å². The minimum Gasteiger partial charge on any atom is -0.336 e. The second-order valence-corrected chi connectivity index (χ2v) is 6.53. The van der Waals surface area contributed by atoms with Gasteiger partial charge in [-0.15, -0.1) is 0 Å². The molecule has 25 heavy (non-hydrogen) atoms. The third kappa shape index (κ3) is 4.17. The van der Waals surface area contributed by atoms with Crippen molar-refractivity contribution in [1.82, 2.24) is 24.6 Å². The summed E-state index contributed by atoms with van der Waals surface area (Å²) < 4.78 is 3.94. The SMILES string of the molecule is Cc1nc2ccccc2n1CCNC(=O)Nc1cnn(CC(C)C)c1. The number of anilines is 1. The fraction of sp³-hybridized carbons (Fsp3) is 0.389. The molecule has 2 N–H and O–H groups in total. The van der Waals surface area contributed by atoms with Crippen molar-refractivity contribution in [3.8, 4) is 0 Å². The van der Waals surface area contributed by atoms with Crippen LogP contribution in [0.2, 0.25) is 0 Å². The summed E-state index contributed by atoms with van der Waals surface area (Å²) in [4.78, 5) is 16.6. The van der Waals surface area contributed by atoms with Crippen LogP contribution in [0.15, 0.2) is 36.7 Å². The molecule has 0 aliphatic rings. The molecule has 0 aliphatic carbocycles. The van der Waals surface area contributed by atoms with Gasteiger partial charge in [0.05, 0.1) is 22.9 Å². The number of imidazole rings is 1. The third-order valence-electron chi connectivity index (χ3n) is 3.91. The van der Waals surface area contributed by atoms with E-state index in [1.54, 1.807) is 6.20 Å². The van der Waals surface area contributed by atoms with E-state index in [-0.39, 0.29) is 6.03 Å². The van der Waals surface area contributed by atoms with E-state index in [1.807, 2.05) is 42.1 Å². The Hall–Kier alpha value is -2.83. The highest BCUT2D eigenvalue weighted by molar-refractivity contribution is 5.88. The number of nitrogens with zero attached hydrogens (tertiary/aromatic N) is 4. The van der Waals surface area contributed by atoms with E-state index >= 15 is 0 Å². The van der Waals surface area contributed by atoms with Crippen LogP contribution >= 0.6 is 0 Å². The van der Waals surface area contributed by atoms with Gasteiger partial charge in [-0.1, -0.05) is 26.0 Å². The molecule has 2 aromatic heterocycles. The summed E-state index contributed by atoms with van der Waals surface area (Å²) in [5.41, 5.74) is 2.75. The van der Waals surface area contributed by atoms with Gasteiger partial charge in [0.1, 0.15) is 5.82 Å². The number of amides is 2. The quantitative estimate of drug-likeness (QED) is 0.724. The number of carbonyl (C=O) groups is 1. The molecule has 3 aromatic rings. The molecular weight excluding hydrogens is 316 g/mol. The van der Waals surface area contributed by atoms with Gasteiger partial charge < -0.3 is 15.2 Å². The summed E-state index contributed by atoms with van der Waals surface area (Å²) in [6.45, 7) is 8.26. The fourth-order valence-corrected chi connectivity index (χ4v) is 2.84. The summed E-state index contributed by atoms with van der Waals surface area (Å²) >= 11 is 0. The van der Waals surface area contributed by atoms with Gasteiger partial charge in [0.15, 0.2) is 0 Å². The molecule has 7 heteroatoms. The first-order valence-electron chi connectivity index (χ1n) is 8.52. The number of urea groups is 1. The zero-order chi connectivity index (χ0) is 17.8. The molecule has 2 amide bonds. The minimum absolute atomic E-state index is 0.230. The molecule has 0 aliphatic heterocycles. The monoisotopic (exact) mass is 340 g/mol. The highest BCUT2D eigenvalue weighted by Gasteiger charge is 2.08. The van der Waals surface area contributed by atoms with Crippen LogP contribution in [0.5, 0.6) is 0 Å². The van der Waals surface area contributed by atoms with Crippen molar-refractivity contribution in [2.75, 3.05) is 11.9 Å². The van der Waals surface area contributed by atoms with Crippen molar-refractivity contribution < 1.29 is 4.79 Å². The first-order valence-corrected chi connectivity index (χ1v) is 8.52. The van der Waals surface area contributed by atoms with Crippen LogP contribution in [-0.2, 0) is 13.1 Å². The number of nitrogens with one attached hydrogen (secondary N) is 2. The normalized spacial score (nSPS) is 11.2. The average Bonchev–Trinajstić information content (AvgIpc) is 3.11. The highest BCUT2D eigenvalue weighted by Crippen LogP contribution is 2.14. The highest BCUT2D eigenvalue weighted by atomic mass is 16.2. The van der Waals surface area contributed by atoms with Crippen LogP contribution in [0.3, 0.4) is 0 Å². The Morgan fingerprint density at radius 2 is 2.08 bits per heavy atom. The molecule has 0 atom stereocenters. The van der Waals surface area contributed by atoms with Crippen molar-refractivity contribution in [2.24, 2.45) is 5.92 Å². The van der Waals surface area contributed by atoms with Crippen molar-refractivity contribution in [2.45, 2.75) is 33.9 Å². The van der Waals surface area contributed by atoms with Gasteiger partial charge in [-0.2, -0.15) is 5.10 Å². The number of aryl methyl sites for hydroxylation is 1. The zero-order valence-electron chi connectivity index (χ0n) is 14.9. The van der Waals surface area contributed by atoms with Gasteiger partial charge in [-0.3, -0.25) is 4.68 Å². The maximum Gasteiger partial charge on any atom is 0.319 e. The van der Waals surface area contributed by atoms with Crippen LogP contribution < -0.4 is 10.6 Å². The maximum absolute atomic E-state index is 12.0. The van der Waals surface area contributed by atoms with E-state index in [1.165, 1.54) is 0 Å². The molecule has 3 rings (SSSR count). The molecule has 0 fully saturated rings. The van der Waals surface area contributed by atoms with E-state index in [4.69, 9.17) is 0 Å². The number of hydrogen-bond donors (Lipinski definition) is 2. The first kappa shape index (κ1) is 17.0. The van der Waals surface area contributed by atoms with Gasteiger partial charge in [0, 0.05) is 25.8 Å². The Kier molecular flexibility index (Phi) is 5.02. The molecule has 0 radical (unpaired) electrons. The Morgan fingerprint density at radius 3 is 2.88 bits per heavy atom. The topological polar surface area (TPSA) is 76.8 Å². The number of aromatic nitrogens is 4. The average molecular weight is 340 g/mol. The molecule has 0 saturated carbocycles. The van der Waals surface area contributed by atoms with Crippen molar-refractivity contribution in [1.29, 1.82) is 0 Å². The second-order valence-electron chi connectivity index (χ2n) is 6.53. The van der Waals surface area contributed by atoms with Crippen LogP contribution in [0.25, 0.3) is 11.0 Å². The van der Waals surface area contributed by atoms with Crippen molar-refractivity contribution in [3.05, 3.63) is 42.5 Å². The summed E-state index contributed by atoms with van der Waals surface area (Å²) in [6.07, 6.45) is 3.50. The first-order chi connectivity index (χ1) is 12.0.